The first-order chi connectivity index (χ1) is 12.1. The molecule has 0 atom stereocenters. The summed E-state index contributed by atoms with van der Waals surface area (Å²) in [6.45, 7) is 6.40. The quantitative estimate of drug-likeness (QED) is 0.704. The molecule has 6 heteroatoms. The van der Waals surface area contributed by atoms with Gasteiger partial charge < -0.3 is 37.0 Å². The van der Waals surface area contributed by atoms with Crippen LogP contribution >= 0.6 is 0 Å². The van der Waals surface area contributed by atoms with Crippen molar-refractivity contribution in [3.8, 4) is 17.2 Å². The lowest BCUT2D eigenvalue weighted by atomic mass is 10.1. The van der Waals surface area contributed by atoms with E-state index >= 15 is 0 Å². The molecule has 142 valence electrons. The van der Waals surface area contributed by atoms with Crippen LogP contribution in [-0.4, -0.2) is 30.5 Å². The van der Waals surface area contributed by atoms with Crippen molar-refractivity contribution in [2.45, 2.75) is 32.5 Å². The van der Waals surface area contributed by atoms with Gasteiger partial charge in [-0.3, -0.25) is 0 Å². The van der Waals surface area contributed by atoms with Gasteiger partial charge in [0.2, 0.25) is 0 Å². The summed E-state index contributed by atoms with van der Waals surface area (Å²) in [4.78, 5) is 0. The Hall–Kier alpha value is -1.95. The van der Waals surface area contributed by atoms with Gasteiger partial charge in [0, 0.05) is 12.1 Å². The summed E-state index contributed by atoms with van der Waals surface area (Å²) < 4.78 is 17.0. The minimum atomic E-state index is -0.284. The zero-order chi connectivity index (χ0) is 17.7. The van der Waals surface area contributed by atoms with Crippen LogP contribution in [0.5, 0.6) is 17.2 Å². The van der Waals surface area contributed by atoms with E-state index in [4.69, 9.17) is 14.2 Å². The third kappa shape index (κ3) is 5.53. The molecule has 0 spiro atoms. The zero-order valence-corrected chi connectivity index (χ0v) is 15.9. The summed E-state index contributed by atoms with van der Waals surface area (Å²) in [5.41, 5.74) is 1.90. The highest BCUT2D eigenvalue weighted by atomic mass is 35.5. The van der Waals surface area contributed by atoms with Crippen LogP contribution in [0.25, 0.3) is 0 Å². The number of hydrogen-bond acceptors (Lipinski definition) is 5. The highest BCUT2D eigenvalue weighted by molar-refractivity contribution is 5.43. The van der Waals surface area contributed by atoms with Crippen molar-refractivity contribution in [1.82, 2.24) is 5.32 Å². The van der Waals surface area contributed by atoms with E-state index in [1.54, 1.807) is 0 Å². The van der Waals surface area contributed by atoms with Crippen LogP contribution in [0.3, 0.4) is 0 Å². The third-order valence-electron chi connectivity index (χ3n) is 4.10. The monoisotopic (exact) mass is 378 g/mol. The summed E-state index contributed by atoms with van der Waals surface area (Å²) in [7, 11) is 0. The van der Waals surface area contributed by atoms with Crippen molar-refractivity contribution in [2.24, 2.45) is 0 Å². The van der Waals surface area contributed by atoms with Gasteiger partial charge in [-0.1, -0.05) is 18.2 Å². The Kier molecular flexibility index (Phi) is 7.14. The molecule has 2 N–H and O–H groups in total. The van der Waals surface area contributed by atoms with Crippen molar-refractivity contribution in [3.05, 3.63) is 53.6 Å². The second kappa shape index (κ2) is 9.12. The number of ether oxygens (including phenoxy) is 3. The first-order valence-corrected chi connectivity index (χ1v) is 8.52. The normalized spacial score (nSPS) is 13.0. The number of aliphatic hydroxyl groups excluding tert-OH is 1. The van der Waals surface area contributed by atoms with E-state index in [-0.39, 0.29) is 24.6 Å². The number of fused-ring (bicyclic) bond motifs is 1. The Morgan fingerprint density at radius 2 is 1.65 bits per heavy atom. The molecule has 26 heavy (non-hydrogen) atoms. The summed E-state index contributed by atoms with van der Waals surface area (Å²) in [6.07, 6.45) is 0. The van der Waals surface area contributed by atoms with Crippen LogP contribution in [0.1, 0.15) is 25.0 Å². The van der Waals surface area contributed by atoms with Gasteiger partial charge in [-0.25, -0.2) is 0 Å². The number of aliphatic hydroxyl groups is 1. The Balaban J connectivity index is 0.00000243. The molecule has 0 aromatic heterocycles. The van der Waals surface area contributed by atoms with Crippen LogP contribution in [0, 0.1) is 0 Å². The lowest BCUT2D eigenvalue weighted by molar-refractivity contribution is -0.00000708. The van der Waals surface area contributed by atoms with Gasteiger partial charge in [-0.2, -0.15) is 0 Å². The average Bonchev–Trinajstić information content (AvgIpc) is 2.65. The minimum Gasteiger partial charge on any atom is -1.00 e. The number of rotatable bonds is 7. The molecule has 0 fully saturated rings. The lowest BCUT2D eigenvalue weighted by Crippen LogP contribution is -3.00. The summed E-state index contributed by atoms with van der Waals surface area (Å²) in [5, 5.41) is 12.6. The fourth-order valence-corrected chi connectivity index (χ4v) is 2.44. The van der Waals surface area contributed by atoms with Crippen molar-refractivity contribution in [3.63, 3.8) is 0 Å². The van der Waals surface area contributed by atoms with Gasteiger partial charge in [-0.05, 0) is 49.2 Å². The molecular formula is C20H25ClNO4-. The van der Waals surface area contributed by atoms with Gasteiger partial charge in [0.05, 0.1) is 6.61 Å². The maximum absolute atomic E-state index is 9.27. The number of nitrogens with one attached hydrogen (secondary N) is 1. The van der Waals surface area contributed by atoms with Gasteiger partial charge in [0.25, 0.3) is 0 Å². The van der Waals surface area contributed by atoms with Gasteiger partial charge >= 0.3 is 0 Å². The first-order valence-electron chi connectivity index (χ1n) is 8.52. The second-order valence-corrected chi connectivity index (χ2v) is 6.81. The molecule has 0 radical (unpaired) electrons. The predicted octanol–water partition coefficient (Wildman–Crippen LogP) is -0.0987. The molecule has 5 nitrogen and oxygen atoms in total. The summed E-state index contributed by atoms with van der Waals surface area (Å²) in [5.74, 6) is 2.39. The molecular weight excluding hydrogens is 354 g/mol. The molecule has 2 aromatic carbocycles. The molecule has 0 saturated carbocycles. The highest BCUT2D eigenvalue weighted by Crippen LogP contribution is 2.31. The predicted molar refractivity (Wildman–Crippen MR) is 96.2 cm³/mol. The average molecular weight is 379 g/mol. The van der Waals surface area contributed by atoms with Crippen molar-refractivity contribution < 1.29 is 31.7 Å². The Morgan fingerprint density at radius 1 is 1.00 bits per heavy atom. The molecule has 0 saturated heterocycles. The molecule has 1 heterocycles. The third-order valence-corrected chi connectivity index (χ3v) is 4.10. The lowest BCUT2D eigenvalue weighted by Gasteiger charge is -2.23. The van der Waals surface area contributed by atoms with Crippen LogP contribution in [-0.2, 0) is 13.2 Å². The van der Waals surface area contributed by atoms with E-state index in [2.05, 4.69) is 5.32 Å². The van der Waals surface area contributed by atoms with Crippen molar-refractivity contribution >= 4 is 0 Å². The molecule has 0 bridgehead atoms. The van der Waals surface area contributed by atoms with Crippen LogP contribution in [0.15, 0.2) is 42.5 Å². The minimum absolute atomic E-state index is 0. The molecule has 1 aliphatic rings. The fraction of sp³-hybridized carbons (Fsp3) is 0.400. The Morgan fingerprint density at radius 3 is 2.35 bits per heavy atom. The Labute approximate surface area is 160 Å². The highest BCUT2D eigenvalue weighted by Gasteiger charge is 2.15. The smallest absolute Gasteiger partial charge is 0.161 e. The van der Waals surface area contributed by atoms with E-state index in [1.165, 1.54) is 0 Å². The standard InChI is InChI=1S/C20H25NO4.ClH/c1-20(2,14-22)21-12-15-3-6-17(7-4-15)25-13-16-5-8-18-19(11-16)24-10-9-23-18;/h3-8,11,21-22H,9-10,12-14H2,1-2H3;1H/p-1. The maximum atomic E-state index is 9.27. The van der Waals surface area contributed by atoms with E-state index in [1.807, 2.05) is 56.3 Å². The summed E-state index contributed by atoms with van der Waals surface area (Å²) in [6, 6.07) is 13.8. The zero-order valence-electron chi connectivity index (χ0n) is 15.1. The van der Waals surface area contributed by atoms with E-state index < -0.39 is 0 Å². The van der Waals surface area contributed by atoms with Gasteiger partial charge in [-0.15, -0.1) is 0 Å². The van der Waals surface area contributed by atoms with Gasteiger partial charge in [0.1, 0.15) is 25.6 Å². The largest absolute Gasteiger partial charge is 1.00 e. The molecule has 3 rings (SSSR count). The molecule has 0 aliphatic carbocycles. The summed E-state index contributed by atoms with van der Waals surface area (Å²) >= 11 is 0. The number of benzene rings is 2. The van der Waals surface area contributed by atoms with E-state index in [0.29, 0.717) is 26.4 Å². The maximum Gasteiger partial charge on any atom is 0.161 e. The molecule has 1 aliphatic heterocycles. The molecule has 0 amide bonds. The van der Waals surface area contributed by atoms with Crippen molar-refractivity contribution in [1.29, 1.82) is 0 Å². The van der Waals surface area contributed by atoms with Gasteiger partial charge in [0.15, 0.2) is 11.5 Å². The number of halogens is 1. The number of hydrogen-bond donors (Lipinski definition) is 2. The van der Waals surface area contributed by atoms with Crippen LogP contribution < -0.4 is 31.9 Å². The second-order valence-electron chi connectivity index (χ2n) is 6.81. The molecule has 2 aromatic rings. The first kappa shape index (κ1) is 20.4. The van der Waals surface area contributed by atoms with E-state index in [9.17, 15) is 5.11 Å². The topological polar surface area (TPSA) is 60.0 Å². The SMILES string of the molecule is CC(C)(CO)NCc1ccc(OCc2ccc3c(c2)OCCO3)cc1.[Cl-]. The Bertz CT molecular complexity index is 703. The van der Waals surface area contributed by atoms with Crippen LogP contribution in [0.4, 0.5) is 0 Å². The van der Waals surface area contributed by atoms with Crippen molar-refractivity contribution in [2.75, 3.05) is 19.8 Å². The fourth-order valence-electron chi connectivity index (χ4n) is 2.44. The van der Waals surface area contributed by atoms with E-state index in [0.717, 1.165) is 28.4 Å². The van der Waals surface area contributed by atoms with Crippen LogP contribution in [0.2, 0.25) is 0 Å². The molecule has 0 unspecified atom stereocenters.